The molecule has 5 rings (SSSR count). The van der Waals surface area contributed by atoms with Crippen LogP contribution in [-0.4, -0.2) is 10.9 Å². The molecule has 1 aliphatic carbocycles. The van der Waals surface area contributed by atoms with Gasteiger partial charge in [-0.1, -0.05) is 18.2 Å². The molecule has 0 radical (unpaired) electrons. The van der Waals surface area contributed by atoms with Crippen LogP contribution in [0.25, 0.3) is 10.9 Å². The Morgan fingerprint density at radius 1 is 0.970 bits per heavy atom. The van der Waals surface area contributed by atoms with E-state index in [9.17, 15) is 18.0 Å². The minimum absolute atomic E-state index is 0.153. The first-order valence-corrected chi connectivity index (χ1v) is 10.5. The van der Waals surface area contributed by atoms with Crippen molar-refractivity contribution in [3.63, 3.8) is 0 Å². The van der Waals surface area contributed by atoms with Gasteiger partial charge in [0, 0.05) is 11.6 Å². The van der Waals surface area contributed by atoms with Gasteiger partial charge in [0.25, 0.3) is 5.91 Å². The van der Waals surface area contributed by atoms with E-state index in [4.69, 9.17) is 4.74 Å². The summed E-state index contributed by atoms with van der Waals surface area (Å²) in [5.74, 6) is -1.56. The van der Waals surface area contributed by atoms with Crippen molar-refractivity contribution < 1.29 is 22.7 Å². The number of hydrogen-bond donors (Lipinski definition) is 1. The summed E-state index contributed by atoms with van der Waals surface area (Å²) in [5, 5.41) is 3.70. The number of nitrogens with one attached hydrogen (secondary N) is 1. The molecule has 33 heavy (non-hydrogen) atoms. The van der Waals surface area contributed by atoms with E-state index in [0.717, 1.165) is 18.4 Å². The van der Waals surface area contributed by atoms with Gasteiger partial charge in [0.05, 0.1) is 22.2 Å². The number of fused-ring (bicyclic) bond motifs is 1. The summed E-state index contributed by atoms with van der Waals surface area (Å²) in [7, 11) is 0. The molecule has 1 aromatic heterocycles. The normalized spacial score (nSPS) is 14.2. The monoisotopic (exact) mass is 448 g/mol. The van der Waals surface area contributed by atoms with Gasteiger partial charge < -0.3 is 10.1 Å². The lowest BCUT2D eigenvalue weighted by Crippen LogP contribution is -2.34. The first kappa shape index (κ1) is 21.0. The SMILES string of the molecule is O=C(NC1(c2ccc(F)cc2)CC1)c1cnc2ccc(OCc3c(F)cccc3F)cc2c1. The fraction of sp³-hybridized carbons (Fsp3) is 0.154. The standard InChI is InChI=1S/C26H19F3N2O2/c27-19-6-4-18(5-7-19)26(10-11-26)31-25(32)17-12-16-13-20(8-9-24(16)30-14-17)33-15-21-22(28)2-1-3-23(21)29/h1-9,12-14H,10-11,15H2,(H,31,32). The fourth-order valence-electron chi connectivity index (χ4n) is 3.82. The number of hydrogen-bond acceptors (Lipinski definition) is 3. The zero-order valence-electron chi connectivity index (χ0n) is 17.4. The summed E-state index contributed by atoms with van der Waals surface area (Å²) in [5.41, 5.74) is 1.24. The van der Waals surface area contributed by atoms with Crippen molar-refractivity contribution in [3.05, 3.63) is 107 Å². The second kappa shape index (κ2) is 8.24. The molecular weight excluding hydrogens is 429 g/mol. The van der Waals surface area contributed by atoms with Crippen LogP contribution in [0.4, 0.5) is 13.2 Å². The molecule has 166 valence electrons. The zero-order valence-corrected chi connectivity index (χ0v) is 17.4. The highest BCUT2D eigenvalue weighted by atomic mass is 19.1. The maximum atomic E-state index is 13.8. The molecule has 0 aliphatic heterocycles. The van der Waals surface area contributed by atoms with Gasteiger partial charge in [-0.25, -0.2) is 13.2 Å². The molecule has 4 nitrogen and oxygen atoms in total. The number of benzene rings is 3. The number of rotatable bonds is 6. The largest absolute Gasteiger partial charge is 0.489 e. The van der Waals surface area contributed by atoms with E-state index < -0.39 is 17.2 Å². The maximum Gasteiger partial charge on any atom is 0.253 e. The molecule has 0 spiro atoms. The van der Waals surface area contributed by atoms with Crippen LogP contribution in [-0.2, 0) is 12.1 Å². The Morgan fingerprint density at radius 3 is 2.39 bits per heavy atom. The van der Waals surface area contributed by atoms with Crippen LogP contribution >= 0.6 is 0 Å². The average Bonchev–Trinajstić information content (AvgIpc) is 3.59. The molecule has 1 N–H and O–H groups in total. The maximum absolute atomic E-state index is 13.8. The van der Waals surface area contributed by atoms with Crippen molar-refractivity contribution in [1.82, 2.24) is 10.3 Å². The van der Waals surface area contributed by atoms with E-state index in [0.29, 0.717) is 22.2 Å². The topological polar surface area (TPSA) is 51.2 Å². The molecule has 1 saturated carbocycles. The van der Waals surface area contributed by atoms with E-state index in [2.05, 4.69) is 10.3 Å². The molecular formula is C26H19F3N2O2. The Morgan fingerprint density at radius 2 is 1.70 bits per heavy atom. The molecule has 1 amide bonds. The number of halogens is 3. The van der Waals surface area contributed by atoms with Gasteiger partial charge in [-0.2, -0.15) is 0 Å². The lowest BCUT2D eigenvalue weighted by atomic mass is 10.0. The predicted molar refractivity (Wildman–Crippen MR) is 117 cm³/mol. The number of aromatic nitrogens is 1. The third-order valence-corrected chi connectivity index (χ3v) is 5.86. The quantitative estimate of drug-likeness (QED) is 0.415. The Kier molecular flexibility index (Phi) is 5.24. The van der Waals surface area contributed by atoms with Gasteiger partial charge in [-0.05, 0) is 66.9 Å². The lowest BCUT2D eigenvalue weighted by Gasteiger charge is -2.18. The molecule has 1 fully saturated rings. The number of carbonyl (C=O) groups is 1. The molecule has 1 aliphatic rings. The number of amides is 1. The third kappa shape index (κ3) is 4.26. The van der Waals surface area contributed by atoms with Crippen molar-refractivity contribution in [3.8, 4) is 5.75 Å². The van der Waals surface area contributed by atoms with Crippen LogP contribution in [0.2, 0.25) is 0 Å². The molecule has 0 saturated heterocycles. The zero-order chi connectivity index (χ0) is 23.0. The number of ether oxygens (including phenoxy) is 1. The highest BCUT2D eigenvalue weighted by molar-refractivity contribution is 5.98. The van der Waals surface area contributed by atoms with Crippen molar-refractivity contribution in [1.29, 1.82) is 0 Å². The first-order valence-electron chi connectivity index (χ1n) is 10.5. The van der Waals surface area contributed by atoms with Gasteiger partial charge in [0.15, 0.2) is 0 Å². The van der Waals surface area contributed by atoms with Crippen molar-refractivity contribution in [2.24, 2.45) is 0 Å². The van der Waals surface area contributed by atoms with Crippen LogP contribution in [0.5, 0.6) is 5.75 Å². The Hall–Kier alpha value is -3.87. The van der Waals surface area contributed by atoms with E-state index in [1.54, 1.807) is 36.4 Å². The molecule has 1 heterocycles. The third-order valence-electron chi connectivity index (χ3n) is 5.86. The Bertz CT molecular complexity index is 1330. The van der Waals surface area contributed by atoms with Gasteiger partial charge in [0.1, 0.15) is 29.8 Å². The molecule has 0 unspecified atom stereocenters. The smallest absolute Gasteiger partial charge is 0.253 e. The lowest BCUT2D eigenvalue weighted by molar-refractivity contribution is 0.0930. The molecule has 4 aromatic rings. The van der Waals surface area contributed by atoms with Crippen molar-refractivity contribution in [2.75, 3.05) is 0 Å². The van der Waals surface area contributed by atoms with Gasteiger partial charge in [0.2, 0.25) is 0 Å². The van der Waals surface area contributed by atoms with Crippen molar-refractivity contribution in [2.45, 2.75) is 25.0 Å². The summed E-state index contributed by atoms with van der Waals surface area (Å²) >= 11 is 0. The summed E-state index contributed by atoms with van der Waals surface area (Å²) in [6.45, 7) is -0.266. The van der Waals surface area contributed by atoms with Gasteiger partial charge in [-0.3, -0.25) is 9.78 Å². The van der Waals surface area contributed by atoms with E-state index >= 15 is 0 Å². The van der Waals surface area contributed by atoms with Crippen LogP contribution in [0.3, 0.4) is 0 Å². The fourth-order valence-corrected chi connectivity index (χ4v) is 3.82. The molecule has 0 bridgehead atoms. The summed E-state index contributed by atoms with van der Waals surface area (Å²) in [6, 6.07) is 16.5. The van der Waals surface area contributed by atoms with E-state index in [1.165, 1.54) is 36.5 Å². The van der Waals surface area contributed by atoms with Crippen LogP contribution in [0, 0.1) is 17.5 Å². The van der Waals surface area contributed by atoms with Crippen LogP contribution in [0.1, 0.15) is 34.3 Å². The van der Waals surface area contributed by atoms with Gasteiger partial charge >= 0.3 is 0 Å². The number of nitrogens with zero attached hydrogens (tertiary/aromatic N) is 1. The average molecular weight is 448 g/mol. The van der Waals surface area contributed by atoms with Crippen LogP contribution in [0.15, 0.2) is 72.9 Å². The van der Waals surface area contributed by atoms with E-state index in [1.807, 2.05) is 0 Å². The van der Waals surface area contributed by atoms with Crippen LogP contribution < -0.4 is 10.1 Å². The highest BCUT2D eigenvalue weighted by Crippen LogP contribution is 2.45. The number of carbonyl (C=O) groups excluding carboxylic acids is 1. The van der Waals surface area contributed by atoms with Gasteiger partial charge in [-0.15, -0.1) is 0 Å². The second-order valence-corrected chi connectivity index (χ2v) is 8.11. The minimum atomic E-state index is -0.674. The Balaban J connectivity index is 1.34. The summed E-state index contributed by atoms with van der Waals surface area (Å²) < 4.78 is 46.5. The molecule has 7 heteroatoms. The van der Waals surface area contributed by atoms with E-state index in [-0.39, 0.29) is 23.9 Å². The Labute approximate surface area is 188 Å². The highest BCUT2D eigenvalue weighted by Gasteiger charge is 2.45. The summed E-state index contributed by atoms with van der Waals surface area (Å²) in [6.07, 6.45) is 3.04. The number of pyridine rings is 1. The van der Waals surface area contributed by atoms with Crippen molar-refractivity contribution >= 4 is 16.8 Å². The molecule has 3 aromatic carbocycles. The summed E-state index contributed by atoms with van der Waals surface area (Å²) in [4.78, 5) is 17.3. The predicted octanol–water partition coefficient (Wildman–Crippen LogP) is 5.65. The second-order valence-electron chi connectivity index (χ2n) is 8.11. The molecule has 0 atom stereocenters. The minimum Gasteiger partial charge on any atom is -0.489 e. The first-order chi connectivity index (χ1) is 15.9.